The van der Waals surface area contributed by atoms with Gasteiger partial charge in [-0.2, -0.15) is 0 Å². The number of benzene rings is 1. The molecule has 0 radical (unpaired) electrons. The minimum atomic E-state index is -0.993. The second-order valence-corrected chi connectivity index (χ2v) is 9.85. The van der Waals surface area contributed by atoms with E-state index in [9.17, 15) is 19.1 Å². The van der Waals surface area contributed by atoms with Gasteiger partial charge in [-0.3, -0.25) is 9.59 Å². The lowest BCUT2D eigenvalue weighted by atomic mass is 9.95. The molecule has 7 nitrogen and oxygen atoms in total. The van der Waals surface area contributed by atoms with Gasteiger partial charge in [0.15, 0.2) is 0 Å². The number of halogens is 1. The summed E-state index contributed by atoms with van der Waals surface area (Å²) in [5.41, 5.74) is 3.64. The third-order valence-electron chi connectivity index (χ3n) is 6.10. The summed E-state index contributed by atoms with van der Waals surface area (Å²) in [6.07, 6.45) is 4.43. The van der Waals surface area contributed by atoms with Crippen molar-refractivity contribution in [1.82, 2.24) is 14.9 Å². The van der Waals surface area contributed by atoms with Gasteiger partial charge in [0.05, 0.1) is 17.7 Å². The Labute approximate surface area is 208 Å². The average molecular weight is 497 g/mol. The maximum atomic E-state index is 14.7. The van der Waals surface area contributed by atoms with E-state index in [4.69, 9.17) is 4.98 Å². The summed E-state index contributed by atoms with van der Waals surface area (Å²) in [5, 5.41) is 15.4. The van der Waals surface area contributed by atoms with Gasteiger partial charge in [-0.25, -0.2) is 14.4 Å². The lowest BCUT2D eigenvalue weighted by Crippen LogP contribution is -2.23. The lowest BCUT2D eigenvalue weighted by molar-refractivity contribution is -0.137. The number of aromatic nitrogens is 2. The molecule has 1 amide bonds. The molecule has 9 heteroatoms. The Morgan fingerprint density at radius 3 is 2.71 bits per heavy atom. The van der Waals surface area contributed by atoms with E-state index in [1.165, 1.54) is 33.9 Å². The van der Waals surface area contributed by atoms with Gasteiger partial charge in [0.25, 0.3) is 5.91 Å². The molecule has 0 spiro atoms. The number of carboxylic acid groups (broad SMARTS) is 1. The fourth-order valence-corrected chi connectivity index (χ4v) is 5.22. The number of nitrogens with one attached hydrogen (secondary N) is 1. The summed E-state index contributed by atoms with van der Waals surface area (Å²) in [7, 11) is 3.11. The first-order chi connectivity index (χ1) is 16.8. The van der Waals surface area contributed by atoms with E-state index in [1.54, 1.807) is 20.2 Å². The number of hydrogen-bond acceptors (Lipinski definition) is 6. The molecule has 2 aromatic heterocycles. The van der Waals surface area contributed by atoms with Crippen molar-refractivity contribution in [3.05, 3.63) is 74.6 Å². The summed E-state index contributed by atoms with van der Waals surface area (Å²) in [6.45, 7) is 0.959. The zero-order valence-corrected chi connectivity index (χ0v) is 20.7. The largest absolute Gasteiger partial charge is 0.481 e. The molecule has 1 aliphatic heterocycles. The topological polar surface area (TPSA) is 95.4 Å². The van der Waals surface area contributed by atoms with Crippen LogP contribution in [0.25, 0.3) is 0 Å². The maximum absolute atomic E-state index is 14.7. The summed E-state index contributed by atoms with van der Waals surface area (Å²) in [5.74, 6) is -1.69. The standard InChI is InChI=1S/C26H29FN4O3S/c1-31(2)26(34)20-11-9-17(13-22(20)27)21(14-23(32)33)25-30-19(15-35-25)7-3-6-18-10-8-16-5-4-12-28-24(16)29-18/h8-11,13,15,21H,3-7,12,14H2,1-2H3,(H,28,29)(H,32,33)/t21-/m0/s1. The molecule has 1 atom stereocenters. The monoisotopic (exact) mass is 496 g/mol. The number of thiazole rings is 1. The predicted octanol–water partition coefficient (Wildman–Crippen LogP) is 4.52. The van der Waals surface area contributed by atoms with E-state index in [1.807, 2.05) is 5.38 Å². The van der Waals surface area contributed by atoms with Crippen molar-refractivity contribution in [2.45, 2.75) is 44.4 Å². The Balaban J connectivity index is 1.45. The Morgan fingerprint density at radius 2 is 1.97 bits per heavy atom. The normalized spacial score (nSPS) is 13.6. The van der Waals surface area contributed by atoms with Crippen LogP contribution in [0.4, 0.5) is 10.2 Å². The van der Waals surface area contributed by atoms with Crippen LogP contribution in [0.5, 0.6) is 0 Å². The highest BCUT2D eigenvalue weighted by atomic mass is 32.1. The first-order valence-electron chi connectivity index (χ1n) is 11.7. The molecule has 0 bridgehead atoms. The summed E-state index contributed by atoms with van der Waals surface area (Å²) in [4.78, 5) is 34.4. The highest BCUT2D eigenvalue weighted by Gasteiger charge is 2.24. The number of carbonyl (C=O) groups is 2. The van der Waals surface area contributed by atoms with Crippen LogP contribution in [0.3, 0.4) is 0 Å². The number of hydrogen-bond donors (Lipinski definition) is 2. The first-order valence-corrected chi connectivity index (χ1v) is 12.6. The van der Waals surface area contributed by atoms with Crippen molar-refractivity contribution in [3.8, 4) is 0 Å². The average Bonchev–Trinajstić information content (AvgIpc) is 3.30. The number of fused-ring (bicyclic) bond motifs is 1. The molecule has 0 fully saturated rings. The molecule has 35 heavy (non-hydrogen) atoms. The van der Waals surface area contributed by atoms with Crippen molar-refractivity contribution in [1.29, 1.82) is 0 Å². The number of amides is 1. The van der Waals surface area contributed by atoms with Gasteiger partial charge in [-0.1, -0.05) is 12.1 Å². The number of carbonyl (C=O) groups excluding carboxylic acids is 1. The molecule has 1 aliphatic rings. The van der Waals surface area contributed by atoms with Gasteiger partial charge in [0, 0.05) is 37.6 Å². The number of aliphatic carboxylic acids is 1. The van der Waals surface area contributed by atoms with Crippen LogP contribution >= 0.6 is 11.3 Å². The van der Waals surface area contributed by atoms with Crippen LogP contribution in [0.1, 0.15) is 63.1 Å². The zero-order valence-electron chi connectivity index (χ0n) is 19.9. The number of pyridine rings is 1. The van der Waals surface area contributed by atoms with Crippen LogP contribution in [-0.4, -0.2) is 52.5 Å². The van der Waals surface area contributed by atoms with Gasteiger partial charge in [0.2, 0.25) is 0 Å². The van der Waals surface area contributed by atoms with Gasteiger partial charge in [-0.15, -0.1) is 11.3 Å². The SMILES string of the molecule is CN(C)C(=O)c1ccc([C@H](CC(=O)O)c2nc(CCCc3ccc4c(n3)NCCC4)cs2)cc1F. The summed E-state index contributed by atoms with van der Waals surface area (Å²) < 4.78 is 14.7. The molecule has 0 aliphatic carbocycles. The Hall–Kier alpha value is -3.33. The summed E-state index contributed by atoms with van der Waals surface area (Å²) in [6, 6.07) is 8.51. The van der Waals surface area contributed by atoms with Crippen LogP contribution < -0.4 is 5.32 Å². The highest BCUT2D eigenvalue weighted by molar-refractivity contribution is 7.09. The number of anilines is 1. The Morgan fingerprint density at radius 1 is 1.17 bits per heavy atom. The molecule has 184 valence electrons. The third-order valence-corrected chi connectivity index (χ3v) is 7.10. The van der Waals surface area contributed by atoms with Gasteiger partial charge in [0.1, 0.15) is 16.6 Å². The van der Waals surface area contributed by atoms with Gasteiger partial charge in [-0.05, 0) is 61.4 Å². The maximum Gasteiger partial charge on any atom is 0.304 e. The molecule has 3 heterocycles. The van der Waals surface area contributed by atoms with Gasteiger partial charge >= 0.3 is 5.97 Å². The number of carboxylic acids is 1. The van der Waals surface area contributed by atoms with Crippen molar-refractivity contribution < 1.29 is 19.1 Å². The summed E-state index contributed by atoms with van der Waals surface area (Å²) >= 11 is 1.38. The Bertz CT molecular complexity index is 1230. The Kier molecular flexibility index (Phi) is 7.75. The first kappa shape index (κ1) is 24.8. The number of rotatable bonds is 9. The van der Waals surface area contributed by atoms with Crippen LogP contribution in [0, 0.1) is 5.82 Å². The minimum absolute atomic E-state index is 0.0429. The second kappa shape index (κ2) is 10.9. The molecule has 1 aromatic carbocycles. The minimum Gasteiger partial charge on any atom is -0.481 e. The van der Waals surface area contributed by atoms with Crippen molar-refractivity contribution in [3.63, 3.8) is 0 Å². The van der Waals surface area contributed by atoms with Crippen LogP contribution in [0.2, 0.25) is 0 Å². The van der Waals surface area contributed by atoms with Crippen molar-refractivity contribution >= 4 is 29.0 Å². The van der Waals surface area contributed by atoms with E-state index < -0.39 is 23.6 Å². The predicted molar refractivity (Wildman–Crippen MR) is 134 cm³/mol. The van der Waals surface area contributed by atoms with Crippen LogP contribution in [0.15, 0.2) is 35.7 Å². The molecular formula is C26H29FN4O3S. The smallest absolute Gasteiger partial charge is 0.304 e. The highest BCUT2D eigenvalue weighted by Crippen LogP contribution is 2.32. The molecule has 0 saturated heterocycles. The van der Waals surface area contributed by atoms with Crippen molar-refractivity contribution in [2.75, 3.05) is 26.0 Å². The van der Waals surface area contributed by atoms with E-state index in [-0.39, 0.29) is 12.0 Å². The van der Waals surface area contributed by atoms with E-state index in [2.05, 4.69) is 22.4 Å². The molecule has 0 saturated carbocycles. The molecule has 2 N–H and O–H groups in total. The van der Waals surface area contributed by atoms with Crippen molar-refractivity contribution in [2.24, 2.45) is 0 Å². The number of aryl methyl sites for hydroxylation is 3. The second-order valence-electron chi connectivity index (χ2n) is 8.96. The number of nitrogens with zero attached hydrogens (tertiary/aromatic N) is 3. The quantitative estimate of drug-likeness (QED) is 0.452. The molecule has 0 unspecified atom stereocenters. The van der Waals surface area contributed by atoms with E-state index >= 15 is 0 Å². The molecular weight excluding hydrogens is 467 g/mol. The van der Waals surface area contributed by atoms with Gasteiger partial charge < -0.3 is 15.3 Å². The van der Waals surface area contributed by atoms with E-state index in [0.29, 0.717) is 10.6 Å². The third kappa shape index (κ3) is 6.03. The fraction of sp³-hybridized carbons (Fsp3) is 0.385. The van der Waals surface area contributed by atoms with E-state index in [0.717, 1.165) is 55.9 Å². The molecule has 4 rings (SSSR count). The zero-order chi connectivity index (χ0) is 24.9. The van der Waals surface area contributed by atoms with Crippen LogP contribution in [-0.2, 0) is 24.1 Å². The molecule has 3 aromatic rings. The lowest BCUT2D eigenvalue weighted by Gasteiger charge is -2.17. The fourth-order valence-electron chi connectivity index (χ4n) is 4.24.